The first-order valence-electron chi connectivity index (χ1n) is 13.5. The highest BCUT2D eigenvalue weighted by Crippen LogP contribution is 2.27. The Bertz CT molecular complexity index is 964. The highest BCUT2D eigenvalue weighted by atomic mass is 16.6. The van der Waals surface area contributed by atoms with Crippen LogP contribution in [0.25, 0.3) is 0 Å². The maximum atomic E-state index is 13.1. The minimum atomic E-state index is -0.197. The van der Waals surface area contributed by atoms with Crippen molar-refractivity contribution in [3.05, 3.63) is 48.3 Å². The maximum absolute atomic E-state index is 13.1. The molecule has 0 radical (unpaired) electrons. The number of hydrogen-bond donors (Lipinski definition) is 0. The smallest absolute Gasteiger partial charge is 0.410 e. The molecule has 1 amide bonds. The van der Waals surface area contributed by atoms with Gasteiger partial charge < -0.3 is 14.4 Å². The molecule has 3 heterocycles. The van der Waals surface area contributed by atoms with Crippen molar-refractivity contribution < 1.29 is 14.3 Å². The molecule has 2 aliphatic heterocycles. The van der Waals surface area contributed by atoms with E-state index in [0.29, 0.717) is 25.0 Å². The van der Waals surface area contributed by atoms with Crippen LogP contribution >= 0.6 is 0 Å². The number of carbonyl (C=O) groups excluding carboxylic acids is 1. The molecule has 2 saturated heterocycles. The number of piperazine rings is 1. The van der Waals surface area contributed by atoms with Crippen molar-refractivity contribution in [2.45, 2.75) is 70.7 Å². The Morgan fingerprint density at radius 2 is 1.64 bits per heavy atom. The number of nitrogens with zero attached hydrogens (tertiary/aromatic N) is 5. The fraction of sp³-hybridized carbons (Fsp3) is 0.607. The highest BCUT2D eigenvalue weighted by molar-refractivity contribution is 5.69. The molecule has 1 aromatic heterocycles. The van der Waals surface area contributed by atoms with Gasteiger partial charge in [0.05, 0.1) is 31.1 Å². The van der Waals surface area contributed by atoms with Crippen molar-refractivity contribution in [1.82, 2.24) is 19.8 Å². The number of benzene rings is 1. The molecule has 3 fully saturated rings. The Morgan fingerprint density at radius 1 is 0.972 bits per heavy atom. The number of ether oxygens (including phenoxy) is 2. The predicted molar refractivity (Wildman–Crippen MR) is 139 cm³/mol. The Labute approximate surface area is 214 Å². The zero-order valence-electron chi connectivity index (χ0n) is 21.6. The maximum Gasteiger partial charge on any atom is 0.410 e. The number of piperidine rings is 1. The summed E-state index contributed by atoms with van der Waals surface area (Å²) in [6, 6.07) is 10.6. The Balaban J connectivity index is 1.08. The predicted octanol–water partition coefficient (Wildman–Crippen LogP) is 4.36. The fourth-order valence-electron chi connectivity index (χ4n) is 5.50. The average molecular weight is 494 g/mol. The number of anilines is 1. The molecule has 8 heteroatoms. The molecule has 3 aliphatic rings. The van der Waals surface area contributed by atoms with Crippen LogP contribution in [0.4, 0.5) is 10.7 Å². The van der Waals surface area contributed by atoms with Crippen LogP contribution < -0.4 is 9.64 Å². The number of carbonyl (C=O) groups is 1. The number of amides is 1. The third-order valence-corrected chi connectivity index (χ3v) is 7.79. The molecule has 0 bridgehead atoms. The second-order valence-electron chi connectivity index (χ2n) is 10.7. The average Bonchev–Trinajstić information content (AvgIpc) is 2.85. The molecule has 2 atom stereocenters. The van der Waals surface area contributed by atoms with E-state index in [-0.39, 0.29) is 24.3 Å². The van der Waals surface area contributed by atoms with E-state index in [1.165, 1.54) is 24.8 Å². The molecule has 36 heavy (non-hydrogen) atoms. The zero-order chi connectivity index (χ0) is 24.9. The van der Waals surface area contributed by atoms with Gasteiger partial charge in [-0.05, 0) is 51.0 Å². The standard InChI is InChI=1S/C28H39N5O3/c1-21-17-32(27-29-15-26(16-30-27)35-20-24-9-6-10-24)18-22(2)33(21)28(34)36-25-11-13-31(14-12-25)19-23-7-4-3-5-8-23/h3-5,7-8,15-16,21-22,24-25H,6,9-14,17-20H2,1-2H3/t21-,22+. The summed E-state index contributed by atoms with van der Waals surface area (Å²) in [7, 11) is 0. The summed E-state index contributed by atoms with van der Waals surface area (Å²) in [6.07, 6.45) is 8.91. The summed E-state index contributed by atoms with van der Waals surface area (Å²) < 4.78 is 11.8. The molecule has 8 nitrogen and oxygen atoms in total. The molecule has 0 N–H and O–H groups in total. The van der Waals surface area contributed by atoms with Gasteiger partial charge in [-0.25, -0.2) is 14.8 Å². The van der Waals surface area contributed by atoms with Gasteiger partial charge in [-0.3, -0.25) is 9.80 Å². The molecule has 2 aromatic rings. The molecule has 1 saturated carbocycles. The van der Waals surface area contributed by atoms with Gasteiger partial charge in [-0.1, -0.05) is 36.8 Å². The molecule has 0 spiro atoms. The van der Waals surface area contributed by atoms with Crippen LogP contribution in [-0.2, 0) is 11.3 Å². The van der Waals surface area contributed by atoms with E-state index in [1.54, 1.807) is 12.4 Å². The Hall–Kier alpha value is -2.87. The van der Waals surface area contributed by atoms with Gasteiger partial charge in [-0.15, -0.1) is 0 Å². The summed E-state index contributed by atoms with van der Waals surface area (Å²) in [5.74, 6) is 2.09. The van der Waals surface area contributed by atoms with Crippen LogP contribution in [0.1, 0.15) is 51.5 Å². The van der Waals surface area contributed by atoms with Crippen LogP contribution in [0.2, 0.25) is 0 Å². The van der Waals surface area contributed by atoms with E-state index in [2.05, 4.69) is 57.9 Å². The third kappa shape index (κ3) is 6.09. The monoisotopic (exact) mass is 493 g/mol. The lowest BCUT2D eigenvalue weighted by molar-refractivity contribution is 0.00996. The van der Waals surface area contributed by atoms with Crippen molar-refractivity contribution >= 4 is 12.0 Å². The second-order valence-corrected chi connectivity index (χ2v) is 10.7. The van der Waals surface area contributed by atoms with Crippen LogP contribution in [0.5, 0.6) is 5.75 Å². The summed E-state index contributed by atoms with van der Waals surface area (Å²) in [4.78, 5) is 28.7. The summed E-state index contributed by atoms with van der Waals surface area (Å²) in [5, 5.41) is 0. The molecule has 194 valence electrons. The lowest BCUT2D eigenvalue weighted by Gasteiger charge is -2.44. The van der Waals surface area contributed by atoms with Gasteiger partial charge in [0, 0.05) is 32.7 Å². The summed E-state index contributed by atoms with van der Waals surface area (Å²) in [5.41, 5.74) is 1.33. The fourth-order valence-corrected chi connectivity index (χ4v) is 5.50. The quantitative estimate of drug-likeness (QED) is 0.568. The van der Waals surface area contributed by atoms with Crippen LogP contribution in [0, 0.1) is 5.92 Å². The van der Waals surface area contributed by atoms with Crippen molar-refractivity contribution in [2.24, 2.45) is 5.92 Å². The topological polar surface area (TPSA) is 71.0 Å². The van der Waals surface area contributed by atoms with Gasteiger partial charge in [0.25, 0.3) is 0 Å². The lowest BCUT2D eigenvalue weighted by atomic mass is 9.86. The van der Waals surface area contributed by atoms with Crippen molar-refractivity contribution in [1.29, 1.82) is 0 Å². The number of hydrogen-bond acceptors (Lipinski definition) is 7. The minimum Gasteiger partial charge on any atom is -0.490 e. The molecule has 1 aromatic carbocycles. The van der Waals surface area contributed by atoms with E-state index in [0.717, 1.165) is 44.8 Å². The van der Waals surface area contributed by atoms with E-state index in [1.807, 2.05) is 11.0 Å². The van der Waals surface area contributed by atoms with E-state index >= 15 is 0 Å². The molecular weight excluding hydrogens is 454 g/mol. The second kappa shape index (κ2) is 11.5. The third-order valence-electron chi connectivity index (χ3n) is 7.79. The molecule has 1 aliphatic carbocycles. The largest absolute Gasteiger partial charge is 0.490 e. The first kappa shape index (κ1) is 24.8. The van der Waals surface area contributed by atoms with Crippen molar-refractivity contribution in [2.75, 3.05) is 37.7 Å². The zero-order valence-corrected chi connectivity index (χ0v) is 21.6. The number of rotatable bonds is 7. The molecule has 0 unspecified atom stereocenters. The van der Waals surface area contributed by atoms with E-state index in [4.69, 9.17) is 9.47 Å². The lowest BCUT2D eigenvalue weighted by Crippen LogP contribution is -2.59. The Kier molecular flexibility index (Phi) is 7.90. The highest BCUT2D eigenvalue weighted by Gasteiger charge is 2.36. The normalized spacial score (nSPS) is 23.8. The number of aromatic nitrogens is 2. The van der Waals surface area contributed by atoms with Crippen molar-refractivity contribution in [3.63, 3.8) is 0 Å². The van der Waals surface area contributed by atoms with Crippen molar-refractivity contribution in [3.8, 4) is 5.75 Å². The van der Waals surface area contributed by atoms with Gasteiger partial charge in [-0.2, -0.15) is 0 Å². The summed E-state index contributed by atoms with van der Waals surface area (Å²) >= 11 is 0. The van der Waals surface area contributed by atoms with Crippen LogP contribution in [0.15, 0.2) is 42.7 Å². The van der Waals surface area contributed by atoms with Gasteiger partial charge >= 0.3 is 6.09 Å². The van der Waals surface area contributed by atoms with Gasteiger partial charge in [0.2, 0.25) is 5.95 Å². The minimum absolute atomic E-state index is 0.0116. The Morgan fingerprint density at radius 3 is 2.25 bits per heavy atom. The first-order chi connectivity index (χ1) is 17.5. The molecular formula is C28H39N5O3. The number of likely N-dealkylation sites (tertiary alicyclic amines) is 1. The van der Waals surface area contributed by atoms with Crippen LogP contribution in [0.3, 0.4) is 0 Å². The van der Waals surface area contributed by atoms with Crippen LogP contribution in [-0.4, -0.2) is 76.8 Å². The van der Waals surface area contributed by atoms with E-state index in [9.17, 15) is 4.79 Å². The summed E-state index contributed by atoms with van der Waals surface area (Å²) in [6.45, 7) is 9.10. The van der Waals surface area contributed by atoms with E-state index < -0.39 is 0 Å². The first-order valence-corrected chi connectivity index (χ1v) is 13.5. The SMILES string of the molecule is C[C@@H]1CN(c2ncc(OCC3CCC3)cn2)C[C@H](C)N1C(=O)OC1CCN(Cc2ccccc2)CC1. The van der Waals surface area contributed by atoms with Gasteiger partial charge in [0.15, 0.2) is 5.75 Å². The molecule has 5 rings (SSSR count). The van der Waals surface area contributed by atoms with Gasteiger partial charge in [0.1, 0.15) is 6.10 Å².